The summed E-state index contributed by atoms with van der Waals surface area (Å²) in [5, 5.41) is 12.9. The first-order valence-electron chi connectivity index (χ1n) is 6.88. The lowest BCUT2D eigenvalue weighted by molar-refractivity contribution is -0.119. The molecule has 0 unspecified atom stereocenters. The molecular formula is C15H22N2O3. The number of aliphatic hydroxyl groups excluding tert-OH is 1. The number of hydrogen-bond donors (Lipinski definition) is 2. The zero-order valence-electron chi connectivity index (χ0n) is 12.2. The molecule has 0 bridgehead atoms. The van der Waals surface area contributed by atoms with E-state index in [1.807, 2.05) is 30.1 Å². The van der Waals surface area contributed by atoms with Gasteiger partial charge in [0.1, 0.15) is 5.75 Å². The van der Waals surface area contributed by atoms with Gasteiger partial charge in [-0.15, -0.1) is 0 Å². The van der Waals surface area contributed by atoms with Crippen LogP contribution < -0.4 is 15.0 Å². The molecule has 5 heteroatoms. The summed E-state index contributed by atoms with van der Waals surface area (Å²) in [6.45, 7) is 1.96. The van der Waals surface area contributed by atoms with Gasteiger partial charge in [-0.2, -0.15) is 0 Å². The zero-order chi connectivity index (χ0) is 14.7. The monoisotopic (exact) mass is 278 g/mol. The molecule has 1 amide bonds. The molecule has 1 aliphatic carbocycles. The first-order valence-corrected chi connectivity index (χ1v) is 6.88. The molecule has 2 rings (SSSR count). The molecule has 1 fully saturated rings. The molecular weight excluding hydrogens is 256 g/mol. The van der Waals surface area contributed by atoms with Crippen LogP contribution in [0.25, 0.3) is 0 Å². The maximum absolute atomic E-state index is 11.9. The molecule has 1 atom stereocenters. The zero-order valence-corrected chi connectivity index (χ0v) is 12.2. The van der Waals surface area contributed by atoms with E-state index < -0.39 is 6.10 Å². The van der Waals surface area contributed by atoms with Crippen LogP contribution >= 0.6 is 0 Å². The average Bonchev–Trinajstić information content (AvgIpc) is 3.21. The molecule has 1 aliphatic rings. The Balaban J connectivity index is 2.15. The molecule has 110 valence electrons. The lowest BCUT2D eigenvalue weighted by atomic mass is 10.1. The molecule has 1 aromatic rings. The molecule has 0 radical (unpaired) electrons. The second kappa shape index (κ2) is 6.13. The number of rotatable bonds is 6. The van der Waals surface area contributed by atoms with Crippen molar-refractivity contribution in [3.63, 3.8) is 0 Å². The first kappa shape index (κ1) is 14.7. The highest BCUT2D eigenvalue weighted by atomic mass is 16.5. The van der Waals surface area contributed by atoms with E-state index in [0.29, 0.717) is 17.4 Å². The van der Waals surface area contributed by atoms with Gasteiger partial charge in [-0.3, -0.25) is 4.79 Å². The maximum atomic E-state index is 11.9. The van der Waals surface area contributed by atoms with Crippen LogP contribution in [0.3, 0.4) is 0 Å². The van der Waals surface area contributed by atoms with Crippen LogP contribution in [0.4, 0.5) is 5.69 Å². The molecule has 0 heterocycles. The van der Waals surface area contributed by atoms with Crippen LogP contribution in [0.1, 0.15) is 31.4 Å². The van der Waals surface area contributed by atoms with Crippen LogP contribution in [0.2, 0.25) is 0 Å². The van der Waals surface area contributed by atoms with Crippen molar-refractivity contribution in [1.82, 2.24) is 5.32 Å². The molecule has 0 saturated heterocycles. The summed E-state index contributed by atoms with van der Waals surface area (Å²) < 4.78 is 5.29. The highest BCUT2D eigenvalue weighted by Crippen LogP contribution is 2.34. The molecule has 20 heavy (non-hydrogen) atoms. The van der Waals surface area contributed by atoms with Gasteiger partial charge in [-0.1, -0.05) is 6.07 Å². The van der Waals surface area contributed by atoms with Gasteiger partial charge in [0.15, 0.2) is 0 Å². The van der Waals surface area contributed by atoms with E-state index in [9.17, 15) is 9.90 Å². The Hall–Kier alpha value is -1.75. The predicted octanol–water partition coefficient (Wildman–Crippen LogP) is 1.46. The number of likely N-dealkylation sites (N-methyl/N-ethyl adjacent to an activating group) is 1. The van der Waals surface area contributed by atoms with Crippen molar-refractivity contribution in [2.24, 2.45) is 0 Å². The van der Waals surface area contributed by atoms with E-state index in [4.69, 9.17) is 4.74 Å². The number of carbonyl (C=O) groups is 1. The molecule has 2 N–H and O–H groups in total. The minimum atomic E-state index is -0.657. The van der Waals surface area contributed by atoms with Crippen molar-refractivity contribution in [2.45, 2.75) is 31.9 Å². The number of carbonyl (C=O) groups excluding carboxylic acids is 1. The quantitative estimate of drug-likeness (QED) is 0.827. The molecule has 0 aliphatic heterocycles. The van der Waals surface area contributed by atoms with Crippen molar-refractivity contribution >= 4 is 11.6 Å². The van der Waals surface area contributed by atoms with Crippen LogP contribution in [0.5, 0.6) is 5.75 Å². The topological polar surface area (TPSA) is 61.8 Å². The Labute approximate surface area is 119 Å². The molecule has 5 nitrogen and oxygen atoms in total. The van der Waals surface area contributed by atoms with Gasteiger partial charge < -0.3 is 20.1 Å². The number of amides is 1. The third-order valence-corrected chi connectivity index (χ3v) is 3.42. The number of nitrogens with one attached hydrogen (secondary N) is 1. The van der Waals surface area contributed by atoms with E-state index in [1.165, 1.54) is 0 Å². The first-order chi connectivity index (χ1) is 9.52. The summed E-state index contributed by atoms with van der Waals surface area (Å²) in [5.74, 6) is 0.640. The minimum absolute atomic E-state index is 0.00867. The SMILES string of the molecule is COc1cccc(N(C)CC(=O)NC2CC2)c1[C@@H](C)O. The van der Waals surface area contributed by atoms with E-state index >= 15 is 0 Å². The summed E-state index contributed by atoms with van der Waals surface area (Å²) >= 11 is 0. The van der Waals surface area contributed by atoms with Crippen LogP contribution in [0.15, 0.2) is 18.2 Å². The summed E-state index contributed by atoms with van der Waals surface area (Å²) in [4.78, 5) is 13.7. The number of hydrogen-bond acceptors (Lipinski definition) is 4. The maximum Gasteiger partial charge on any atom is 0.239 e. The number of aliphatic hydroxyl groups is 1. The lowest BCUT2D eigenvalue weighted by Gasteiger charge is -2.24. The second-order valence-electron chi connectivity index (χ2n) is 5.27. The molecule has 1 aromatic carbocycles. The summed E-state index contributed by atoms with van der Waals surface area (Å²) in [6, 6.07) is 5.91. The third-order valence-electron chi connectivity index (χ3n) is 3.42. The highest BCUT2D eigenvalue weighted by Gasteiger charge is 2.24. The van der Waals surface area contributed by atoms with Crippen LogP contribution in [0, 0.1) is 0 Å². The van der Waals surface area contributed by atoms with Gasteiger partial charge in [0, 0.05) is 24.3 Å². The number of anilines is 1. The second-order valence-corrected chi connectivity index (χ2v) is 5.27. The van der Waals surface area contributed by atoms with Crippen molar-refractivity contribution in [3.8, 4) is 5.75 Å². The van der Waals surface area contributed by atoms with E-state index in [2.05, 4.69) is 5.32 Å². The highest BCUT2D eigenvalue weighted by molar-refractivity contribution is 5.82. The average molecular weight is 278 g/mol. The lowest BCUT2D eigenvalue weighted by Crippen LogP contribution is -2.36. The third kappa shape index (κ3) is 3.42. The van der Waals surface area contributed by atoms with E-state index in [-0.39, 0.29) is 12.5 Å². The number of methoxy groups -OCH3 is 1. The van der Waals surface area contributed by atoms with Gasteiger partial charge in [-0.25, -0.2) is 0 Å². The Morgan fingerprint density at radius 3 is 2.80 bits per heavy atom. The summed E-state index contributed by atoms with van der Waals surface area (Å²) in [6.07, 6.45) is 1.50. The Morgan fingerprint density at radius 2 is 2.25 bits per heavy atom. The number of benzene rings is 1. The minimum Gasteiger partial charge on any atom is -0.496 e. The Morgan fingerprint density at radius 1 is 1.55 bits per heavy atom. The Bertz CT molecular complexity index is 484. The van der Waals surface area contributed by atoms with Crippen molar-refractivity contribution in [2.75, 3.05) is 25.6 Å². The van der Waals surface area contributed by atoms with E-state index in [0.717, 1.165) is 18.5 Å². The van der Waals surface area contributed by atoms with Gasteiger partial charge >= 0.3 is 0 Å². The molecule has 0 aromatic heterocycles. The summed E-state index contributed by atoms with van der Waals surface area (Å²) in [5.41, 5.74) is 1.52. The molecule has 1 saturated carbocycles. The van der Waals surface area contributed by atoms with Crippen molar-refractivity contribution in [3.05, 3.63) is 23.8 Å². The smallest absolute Gasteiger partial charge is 0.239 e. The fourth-order valence-electron chi connectivity index (χ4n) is 2.26. The molecule has 0 spiro atoms. The normalized spacial score (nSPS) is 15.6. The summed E-state index contributed by atoms with van der Waals surface area (Å²) in [7, 11) is 3.41. The number of ether oxygens (including phenoxy) is 1. The van der Waals surface area contributed by atoms with Crippen LogP contribution in [-0.2, 0) is 4.79 Å². The van der Waals surface area contributed by atoms with Gasteiger partial charge in [-0.05, 0) is 31.9 Å². The fourth-order valence-corrected chi connectivity index (χ4v) is 2.26. The standard InChI is InChI=1S/C15H22N2O3/c1-10(18)15-12(5-4-6-13(15)20-3)17(2)9-14(19)16-11-7-8-11/h4-6,10-11,18H,7-9H2,1-3H3,(H,16,19)/t10-/m1/s1. The number of nitrogens with zero attached hydrogens (tertiary/aromatic N) is 1. The van der Waals surface area contributed by atoms with Crippen molar-refractivity contribution in [1.29, 1.82) is 0 Å². The van der Waals surface area contributed by atoms with Gasteiger partial charge in [0.25, 0.3) is 0 Å². The largest absolute Gasteiger partial charge is 0.496 e. The van der Waals surface area contributed by atoms with Gasteiger partial charge in [0.05, 0.1) is 19.8 Å². The van der Waals surface area contributed by atoms with E-state index in [1.54, 1.807) is 14.0 Å². The Kier molecular flexibility index (Phi) is 4.49. The predicted molar refractivity (Wildman–Crippen MR) is 78.1 cm³/mol. The van der Waals surface area contributed by atoms with Crippen LogP contribution in [-0.4, -0.2) is 37.8 Å². The van der Waals surface area contributed by atoms with Crippen molar-refractivity contribution < 1.29 is 14.6 Å². The van der Waals surface area contributed by atoms with Gasteiger partial charge in [0.2, 0.25) is 5.91 Å². The fraction of sp³-hybridized carbons (Fsp3) is 0.533.